The number of benzene rings is 2. The van der Waals surface area contributed by atoms with Crippen molar-refractivity contribution in [3.63, 3.8) is 0 Å². The van der Waals surface area contributed by atoms with E-state index in [0.717, 1.165) is 5.56 Å². The van der Waals surface area contributed by atoms with E-state index in [0.29, 0.717) is 29.0 Å². The lowest BCUT2D eigenvalue weighted by atomic mass is 10.1. The van der Waals surface area contributed by atoms with Gasteiger partial charge < -0.3 is 20.1 Å². The molecule has 0 radical (unpaired) electrons. The number of nitrogens with two attached hydrogens (primary N) is 1. The number of methoxy groups -OCH3 is 1. The summed E-state index contributed by atoms with van der Waals surface area (Å²) in [6.07, 6.45) is 0. The number of carbonyl (C=O) groups excluding carboxylic acids is 3. The average molecular weight is 398 g/mol. The van der Waals surface area contributed by atoms with Gasteiger partial charge in [-0.25, -0.2) is 4.79 Å². The van der Waals surface area contributed by atoms with E-state index in [1.54, 1.807) is 42.5 Å². The Hall–Kier alpha value is -3.26. The fraction of sp³-hybridized carbons (Fsp3) is 0.200. The van der Waals surface area contributed by atoms with Gasteiger partial charge >= 0.3 is 5.97 Å². The monoisotopic (exact) mass is 398 g/mol. The van der Waals surface area contributed by atoms with E-state index in [9.17, 15) is 14.4 Å². The van der Waals surface area contributed by atoms with Crippen LogP contribution in [0.2, 0.25) is 0 Å². The first-order chi connectivity index (χ1) is 13.4. The molecule has 2 N–H and O–H groups in total. The number of rotatable bonds is 7. The van der Waals surface area contributed by atoms with Gasteiger partial charge in [0.05, 0.1) is 13.7 Å². The first-order valence-corrected chi connectivity index (χ1v) is 8.84. The fourth-order valence-electron chi connectivity index (χ4n) is 2.86. The van der Waals surface area contributed by atoms with E-state index < -0.39 is 5.97 Å². The van der Waals surface area contributed by atoms with Crippen LogP contribution < -0.4 is 10.5 Å². The van der Waals surface area contributed by atoms with Crippen molar-refractivity contribution < 1.29 is 23.9 Å². The molecular formula is C20H18N2O5S. The second-order valence-corrected chi connectivity index (χ2v) is 6.65. The number of amides is 1. The molecule has 0 spiro atoms. The predicted molar refractivity (Wildman–Crippen MR) is 105 cm³/mol. The maximum atomic E-state index is 12.5. The average Bonchev–Trinajstić information content (AvgIpc) is 3.01. The van der Waals surface area contributed by atoms with E-state index in [2.05, 4.69) is 4.74 Å². The van der Waals surface area contributed by atoms with Crippen molar-refractivity contribution in [1.29, 1.82) is 0 Å². The molecule has 7 nitrogen and oxygen atoms in total. The van der Waals surface area contributed by atoms with Gasteiger partial charge in [0.2, 0.25) is 0 Å². The Morgan fingerprint density at radius 3 is 2.46 bits per heavy atom. The number of carbonyl (C=O) groups is 3. The van der Waals surface area contributed by atoms with Gasteiger partial charge in [-0.1, -0.05) is 18.3 Å². The molecule has 1 heterocycles. The second-order valence-electron chi connectivity index (χ2n) is 6.21. The maximum absolute atomic E-state index is 12.5. The van der Waals surface area contributed by atoms with E-state index in [4.69, 9.17) is 22.7 Å². The number of hydrogen-bond donors (Lipinski definition) is 1. The molecule has 144 valence electrons. The van der Waals surface area contributed by atoms with Crippen LogP contribution in [0, 0.1) is 0 Å². The van der Waals surface area contributed by atoms with Crippen molar-refractivity contribution in [3.8, 4) is 5.75 Å². The summed E-state index contributed by atoms with van der Waals surface area (Å²) < 4.78 is 9.74. The standard InChI is InChI=1S/C20H18N2O5S/c1-26-18(24)11-27-15-5-2-12(3-6-15)17(23)10-22-9-14-8-13(19(21)28)4-7-16(14)20(22)25/h2-8H,9-11H2,1H3,(H2,21,28). The highest BCUT2D eigenvalue weighted by atomic mass is 32.1. The zero-order valence-corrected chi connectivity index (χ0v) is 16.0. The number of nitrogens with zero attached hydrogens (tertiary/aromatic N) is 1. The summed E-state index contributed by atoms with van der Waals surface area (Å²) in [7, 11) is 1.27. The third-order valence-electron chi connectivity index (χ3n) is 4.36. The number of ketones is 1. The first-order valence-electron chi connectivity index (χ1n) is 8.44. The molecule has 1 aliphatic heterocycles. The summed E-state index contributed by atoms with van der Waals surface area (Å²) >= 11 is 4.97. The van der Waals surface area contributed by atoms with Crippen LogP contribution in [0.4, 0.5) is 0 Å². The minimum absolute atomic E-state index is 0.0434. The topological polar surface area (TPSA) is 98.9 Å². The smallest absolute Gasteiger partial charge is 0.343 e. The van der Waals surface area contributed by atoms with Crippen molar-refractivity contribution >= 4 is 34.9 Å². The summed E-state index contributed by atoms with van der Waals surface area (Å²) in [4.78, 5) is 37.9. The number of esters is 1. The molecule has 0 saturated heterocycles. The predicted octanol–water partition coefficient (Wildman–Crippen LogP) is 1.71. The largest absolute Gasteiger partial charge is 0.482 e. The molecule has 2 aromatic rings. The first kappa shape index (κ1) is 19.5. The second kappa shape index (κ2) is 8.18. The summed E-state index contributed by atoms with van der Waals surface area (Å²) in [5.74, 6) is -0.450. The van der Waals surface area contributed by atoms with Crippen LogP contribution >= 0.6 is 12.2 Å². The number of ether oxygens (including phenoxy) is 2. The summed E-state index contributed by atoms with van der Waals surface area (Å²) in [6, 6.07) is 11.5. The molecule has 0 aromatic heterocycles. The highest BCUT2D eigenvalue weighted by Crippen LogP contribution is 2.24. The molecule has 0 aliphatic carbocycles. The van der Waals surface area contributed by atoms with Gasteiger partial charge in [-0.3, -0.25) is 9.59 Å². The lowest BCUT2D eigenvalue weighted by Crippen LogP contribution is -2.30. The van der Waals surface area contributed by atoms with Gasteiger partial charge in [0.15, 0.2) is 12.4 Å². The van der Waals surface area contributed by atoms with Gasteiger partial charge in [0, 0.05) is 23.2 Å². The maximum Gasteiger partial charge on any atom is 0.343 e. The minimum Gasteiger partial charge on any atom is -0.482 e. The van der Waals surface area contributed by atoms with Crippen LogP contribution in [0.1, 0.15) is 31.8 Å². The van der Waals surface area contributed by atoms with Crippen LogP contribution in [0.5, 0.6) is 5.75 Å². The SMILES string of the molecule is COC(=O)COc1ccc(C(=O)CN2Cc3cc(C(N)=S)ccc3C2=O)cc1. The normalized spacial score (nSPS) is 12.5. The number of hydrogen-bond acceptors (Lipinski definition) is 6. The number of thiocarbonyl (C=S) groups is 1. The van der Waals surface area contributed by atoms with Gasteiger partial charge in [-0.15, -0.1) is 0 Å². The summed E-state index contributed by atoms with van der Waals surface area (Å²) in [5.41, 5.74) is 8.13. The third-order valence-corrected chi connectivity index (χ3v) is 4.60. The zero-order valence-electron chi connectivity index (χ0n) is 15.1. The van der Waals surface area contributed by atoms with Crippen LogP contribution in [0.3, 0.4) is 0 Å². The molecule has 0 fully saturated rings. The molecule has 0 bridgehead atoms. The molecule has 0 saturated carbocycles. The van der Waals surface area contributed by atoms with Crippen molar-refractivity contribution in [2.24, 2.45) is 5.73 Å². The number of Topliss-reactive ketones (excluding diaryl/α,β-unsaturated/α-hetero) is 1. The highest BCUT2D eigenvalue weighted by molar-refractivity contribution is 7.80. The Morgan fingerprint density at radius 2 is 1.82 bits per heavy atom. The van der Waals surface area contributed by atoms with Crippen LogP contribution in [0.15, 0.2) is 42.5 Å². The van der Waals surface area contributed by atoms with Crippen LogP contribution in [-0.2, 0) is 16.1 Å². The molecule has 28 heavy (non-hydrogen) atoms. The van der Waals surface area contributed by atoms with Crippen molar-refractivity contribution in [1.82, 2.24) is 4.90 Å². The number of fused-ring (bicyclic) bond motifs is 1. The molecule has 2 aromatic carbocycles. The van der Waals surface area contributed by atoms with E-state index in [1.165, 1.54) is 12.0 Å². The van der Waals surface area contributed by atoms with E-state index >= 15 is 0 Å². The Labute approximate surface area is 167 Å². The Kier molecular flexibility index (Phi) is 5.70. The molecular weight excluding hydrogens is 380 g/mol. The lowest BCUT2D eigenvalue weighted by molar-refractivity contribution is -0.142. The van der Waals surface area contributed by atoms with E-state index in [1.807, 2.05) is 0 Å². The van der Waals surface area contributed by atoms with Gasteiger partial charge in [-0.2, -0.15) is 0 Å². The molecule has 0 unspecified atom stereocenters. The van der Waals surface area contributed by atoms with Crippen molar-refractivity contribution in [2.45, 2.75) is 6.54 Å². The van der Waals surface area contributed by atoms with Crippen molar-refractivity contribution in [2.75, 3.05) is 20.3 Å². The lowest BCUT2D eigenvalue weighted by Gasteiger charge is -2.14. The third kappa shape index (κ3) is 4.17. The van der Waals surface area contributed by atoms with Gasteiger partial charge in [0.25, 0.3) is 5.91 Å². The summed E-state index contributed by atoms with van der Waals surface area (Å²) in [5, 5.41) is 0. The molecule has 0 atom stereocenters. The van der Waals surface area contributed by atoms with Gasteiger partial charge in [-0.05, 0) is 42.0 Å². The fourth-order valence-corrected chi connectivity index (χ4v) is 2.99. The molecule has 3 rings (SSSR count). The molecule has 1 aliphatic rings. The quantitative estimate of drug-likeness (QED) is 0.431. The summed E-state index contributed by atoms with van der Waals surface area (Å²) in [6.45, 7) is 0.0769. The Morgan fingerprint density at radius 1 is 1.14 bits per heavy atom. The Balaban J connectivity index is 1.64. The zero-order chi connectivity index (χ0) is 20.3. The van der Waals surface area contributed by atoms with Crippen LogP contribution in [0.25, 0.3) is 0 Å². The van der Waals surface area contributed by atoms with Gasteiger partial charge in [0.1, 0.15) is 10.7 Å². The van der Waals surface area contributed by atoms with E-state index in [-0.39, 0.29) is 29.8 Å². The van der Waals surface area contributed by atoms with Crippen LogP contribution in [-0.4, -0.2) is 47.8 Å². The Bertz CT molecular complexity index is 956. The molecule has 8 heteroatoms. The molecule has 1 amide bonds. The highest BCUT2D eigenvalue weighted by Gasteiger charge is 2.29. The van der Waals surface area contributed by atoms with Crippen molar-refractivity contribution in [3.05, 3.63) is 64.7 Å². The minimum atomic E-state index is -0.495.